The van der Waals surface area contributed by atoms with Crippen LogP contribution in [0.15, 0.2) is 206 Å². The number of nitrogens with zero attached hydrogens (tertiary/aromatic N) is 2. The van der Waals surface area contributed by atoms with Gasteiger partial charge >= 0.3 is 0 Å². The molecule has 0 saturated heterocycles. The van der Waals surface area contributed by atoms with Crippen molar-refractivity contribution in [3.63, 3.8) is 0 Å². The molecule has 1 aliphatic carbocycles. The van der Waals surface area contributed by atoms with Crippen LogP contribution >= 0.6 is 11.3 Å². The maximum atomic E-state index is 2.52. The number of anilines is 5. The van der Waals surface area contributed by atoms with Crippen LogP contribution in [0.1, 0.15) is 18.4 Å². The second-order valence-electron chi connectivity index (χ2n) is 13.5. The second-order valence-corrected chi connectivity index (χ2v) is 14.6. The van der Waals surface area contributed by atoms with Crippen molar-refractivity contribution in [3.05, 3.63) is 212 Å². The molecule has 0 N–H and O–H groups in total. The van der Waals surface area contributed by atoms with Gasteiger partial charge in [0.05, 0.1) is 11.2 Å². The molecule has 0 saturated carbocycles. The zero-order valence-corrected chi connectivity index (χ0v) is 29.8. The normalized spacial score (nSPS) is 16.7. The van der Waals surface area contributed by atoms with E-state index in [1.807, 2.05) is 11.3 Å². The highest BCUT2D eigenvalue weighted by Crippen LogP contribution is 2.49. The summed E-state index contributed by atoms with van der Waals surface area (Å²) in [7, 11) is 0. The first-order valence-electron chi connectivity index (χ1n) is 17.9. The van der Waals surface area contributed by atoms with Gasteiger partial charge in [0.25, 0.3) is 0 Å². The van der Waals surface area contributed by atoms with E-state index < -0.39 is 5.54 Å². The van der Waals surface area contributed by atoms with Gasteiger partial charge in [-0.3, -0.25) is 0 Å². The van der Waals surface area contributed by atoms with Gasteiger partial charge < -0.3 is 9.80 Å². The Morgan fingerprint density at radius 2 is 1.08 bits per heavy atom. The summed E-state index contributed by atoms with van der Waals surface area (Å²) in [6, 6.07) is 65.7. The summed E-state index contributed by atoms with van der Waals surface area (Å²) in [5, 5.41) is 2.65. The summed E-state index contributed by atoms with van der Waals surface area (Å²) in [6.07, 6.45) is 9.16. The molecule has 7 aromatic carbocycles. The molecule has 3 heteroatoms. The van der Waals surface area contributed by atoms with Gasteiger partial charge in [-0.25, -0.2) is 0 Å². The molecule has 2 unspecified atom stereocenters. The van der Waals surface area contributed by atoms with Crippen molar-refractivity contribution in [2.45, 2.75) is 18.4 Å². The highest BCUT2D eigenvalue weighted by molar-refractivity contribution is 7.26. The lowest BCUT2D eigenvalue weighted by atomic mass is 9.75. The molecule has 2 nitrogen and oxygen atoms in total. The van der Waals surface area contributed by atoms with Gasteiger partial charge in [0.15, 0.2) is 0 Å². The fraction of sp³-hybridized carbons (Fsp3) is 0.0612. The van der Waals surface area contributed by atoms with E-state index >= 15 is 0 Å². The fourth-order valence-corrected chi connectivity index (χ4v) is 9.18. The summed E-state index contributed by atoms with van der Waals surface area (Å²) in [5.74, 6) is 0.0239. The summed E-state index contributed by atoms with van der Waals surface area (Å²) in [5.41, 5.74) is 9.02. The standard InChI is InChI=1S/C49H38N2S/c1-49(35-16-15-28-45(49)44-25-11-13-29-46(44)50(37-18-5-2-6-19-37)38-20-7-3-8-21-38)51(39-22-9-4-10-23-39)40-33-31-36(32-34-40)41-26-17-27-43-42-24-12-14-30-47(42)52-48(41)43/h2-35,45H,1H3. The summed E-state index contributed by atoms with van der Waals surface area (Å²) >= 11 is 1.88. The SMILES string of the molecule is CC1(N(c2ccccc2)c2ccc(-c3cccc4c3sc3ccccc34)cc2)C=CC=CC1c1ccccc1N(c1ccccc1)c1ccccc1. The van der Waals surface area contributed by atoms with Gasteiger partial charge in [-0.2, -0.15) is 0 Å². The lowest BCUT2D eigenvalue weighted by molar-refractivity contribution is 0.506. The maximum Gasteiger partial charge on any atom is 0.0712 e. The zero-order valence-electron chi connectivity index (χ0n) is 29.0. The molecular weight excluding hydrogens is 649 g/mol. The van der Waals surface area contributed by atoms with Gasteiger partial charge in [-0.05, 0) is 84.3 Å². The van der Waals surface area contributed by atoms with Gasteiger partial charge in [0.1, 0.15) is 0 Å². The second kappa shape index (κ2) is 13.5. The van der Waals surface area contributed by atoms with Crippen LogP contribution < -0.4 is 9.80 Å². The van der Waals surface area contributed by atoms with Crippen LogP contribution in [0.3, 0.4) is 0 Å². The molecule has 1 heterocycles. The van der Waals surface area contributed by atoms with Gasteiger partial charge in [-0.15, -0.1) is 11.3 Å². The van der Waals surface area contributed by atoms with Gasteiger partial charge in [0.2, 0.25) is 0 Å². The van der Waals surface area contributed by atoms with Crippen LogP contribution in [0.2, 0.25) is 0 Å². The van der Waals surface area contributed by atoms with Crippen LogP contribution in [-0.2, 0) is 0 Å². The van der Waals surface area contributed by atoms with Crippen LogP contribution in [-0.4, -0.2) is 5.54 Å². The molecule has 52 heavy (non-hydrogen) atoms. The number of fused-ring (bicyclic) bond motifs is 3. The Kier molecular flexibility index (Phi) is 8.27. The minimum atomic E-state index is -0.446. The minimum Gasteiger partial charge on any atom is -0.331 e. The van der Waals surface area contributed by atoms with E-state index in [1.165, 1.54) is 36.9 Å². The number of thiophene rings is 1. The molecule has 1 aromatic heterocycles. The zero-order chi connectivity index (χ0) is 34.9. The number of rotatable bonds is 8. The first-order valence-corrected chi connectivity index (χ1v) is 18.7. The predicted octanol–water partition coefficient (Wildman–Crippen LogP) is 14.0. The number of para-hydroxylation sites is 4. The predicted molar refractivity (Wildman–Crippen MR) is 224 cm³/mol. The first kappa shape index (κ1) is 31.8. The minimum absolute atomic E-state index is 0.0239. The van der Waals surface area contributed by atoms with E-state index in [0.717, 1.165) is 28.4 Å². The monoisotopic (exact) mass is 686 g/mol. The third-order valence-electron chi connectivity index (χ3n) is 10.4. The Morgan fingerprint density at radius 3 is 1.79 bits per heavy atom. The van der Waals surface area contributed by atoms with Crippen molar-refractivity contribution in [2.75, 3.05) is 9.80 Å². The number of benzene rings is 7. The van der Waals surface area contributed by atoms with Crippen molar-refractivity contribution >= 4 is 59.9 Å². The molecule has 0 radical (unpaired) electrons. The van der Waals surface area contributed by atoms with Crippen molar-refractivity contribution in [1.29, 1.82) is 0 Å². The summed E-state index contributed by atoms with van der Waals surface area (Å²) in [6.45, 7) is 2.38. The average molecular weight is 687 g/mol. The highest BCUT2D eigenvalue weighted by atomic mass is 32.1. The Hall–Kier alpha value is -6.16. The molecule has 0 bridgehead atoms. The summed E-state index contributed by atoms with van der Waals surface area (Å²) < 4.78 is 2.66. The van der Waals surface area contributed by atoms with Crippen molar-refractivity contribution in [1.82, 2.24) is 0 Å². The van der Waals surface area contributed by atoms with Crippen molar-refractivity contribution in [2.24, 2.45) is 0 Å². The number of hydrogen-bond acceptors (Lipinski definition) is 3. The molecule has 0 spiro atoms. The largest absolute Gasteiger partial charge is 0.331 e. The molecule has 2 atom stereocenters. The lowest BCUT2D eigenvalue weighted by Crippen LogP contribution is -2.47. The van der Waals surface area contributed by atoms with Crippen LogP contribution in [0.25, 0.3) is 31.3 Å². The van der Waals surface area contributed by atoms with Crippen molar-refractivity contribution < 1.29 is 0 Å². The Morgan fingerprint density at radius 1 is 0.500 bits per heavy atom. The molecule has 9 rings (SSSR count). The van der Waals surface area contributed by atoms with E-state index in [-0.39, 0.29) is 5.92 Å². The molecule has 1 aliphatic rings. The molecule has 0 aliphatic heterocycles. The lowest BCUT2D eigenvalue weighted by Gasteiger charge is -2.47. The van der Waals surface area contributed by atoms with Crippen LogP contribution in [0, 0.1) is 0 Å². The first-order chi connectivity index (χ1) is 25.7. The molecular formula is C49H38N2S. The maximum absolute atomic E-state index is 2.52. The Labute approximate surface area is 309 Å². The quantitative estimate of drug-likeness (QED) is 0.157. The summed E-state index contributed by atoms with van der Waals surface area (Å²) in [4.78, 5) is 4.91. The fourth-order valence-electron chi connectivity index (χ4n) is 7.94. The molecule has 0 fully saturated rings. The van der Waals surface area contributed by atoms with E-state index in [9.17, 15) is 0 Å². The average Bonchev–Trinajstić information content (AvgIpc) is 3.59. The van der Waals surface area contributed by atoms with Crippen molar-refractivity contribution in [3.8, 4) is 11.1 Å². The molecule has 250 valence electrons. The molecule has 0 amide bonds. The van der Waals surface area contributed by atoms with Gasteiger partial charge in [-0.1, -0.05) is 146 Å². The van der Waals surface area contributed by atoms with Crippen LogP contribution in [0.5, 0.6) is 0 Å². The third kappa shape index (κ3) is 5.60. The van der Waals surface area contributed by atoms with Crippen LogP contribution in [0.4, 0.5) is 28.4 Å². The number of hydrogen-bond donors (Lipinski definition) is 0. The third-order valence-corrected chi connectivity index (χ3v) is 11.6. The Bertz CT molecular complexity index is 2500. The van der Waals surface area contributed by atoms with Gasteiger partial charge in [0, 0.05) is 48.8 Å². The molecule has 8 aromatic rings. The smallest absolute Gasteiger partial charge is 0.0712 e. The Balaban J connectivity index is 1.17. The number of allylic oxidation sites excluding steroid dienone is 2. The van der Waals surface area contributed by atoms with E-state index in [1.54, 1.807) is 0 Å². The van der Waals surface area contributed by atoms with E-state index in [4.69, 9.17) is 0 Å². The van der Waals surface area contributed by atoms with E-state index in [2.05, 4.69) is 223 Å². The highest BCUT2D eigenvalue weighted by Gasteiger charge is 2.41. The van der Waals surface area contributed by atoms with E-state index in [0.29, 0.717) is 0 Å². The topological polar surface area (TPSA) is 6.48 Å².